The van der Waals surface area contributed by atoms with Crippen molar-refractivity contribution < 1.29 is 9.47 Å². The molecule has 0 spiro atoms. The highest BCUT2D eigenvalue weighted by Gasteiger charge is 2.08. The minimum Gasteiger partial charge on any atom is -0.490 e. The molecule has 0 amide bonds. The summed E-state index contributed by atoms with van der Waals surface area (Å²) < 4.78 is 11.5. The van der Waals surface area contributed by atoms with E-state index in [9.17, 15) is 0 Å². The quantitative estimate of drug-likeness (QED) is 0.712. The lowest BCUT2D eigenvalue weighted by Crippen LogP contribution is -2.01. The fraction of sp³-hybridized carbons (Fsp3) is 0.158. The molecule has 0 fully saturated rings. The van der Waals surface area contributed by atoms with Crippen LogP contribution in [0, 0.1) is 11.3 Å². The maximum atomic E-state index is 8.99. The van der Waals surface area contributed by atoms with E-state index in [-0.39, 0.29) is 0 Å². The lowest BCUT2D eigenvalue weighted by molar-refractivity contribution is 0.270. The van der Waals surface area contributed by atoms with Gasteiger partial charge < -0.3 is 9.47 Å². The molecule has 3 aromatic rings. The van der Waals surface area contributed by atoms with Crippen LogP contribution >= 0.6 is 0 Å². The minimum absolute atomic E-state index is 0.389. The second kappa shape index (κ2) is 6.80. The summed E-state index contributed by atoms with van der Waals surface area (Å²) >= 11 is 0. The van der Waals surface area contributed by atoms with Gasteiger partial charge in [0.15, 0.2) is 11.5 Å². The average molecular weight is 304 g/mol. The van der Waals surface area contributed by atoms with Gasteiger partial charge in [0.25, 0.3) is 0 Å². The third-order valence-corrected chi connectivity index (χ3v) is 3.47. The summed E-state index contributed by atoms with van der Waals surface area (Å²) in [6.07, 6.45) is 1.78. The van der Waals surface area contributed by atoms with Gasteiger partial charge >= 0.3 is 0 Å². The van der Waals surface area contributed by atoms with E-state index in [2.05, 4.69) is 11.1 Å². The fourth-order valence-electron chi connectivity index (χ4n) is 2.40. The molecule has 114 valence electrons. The van der Waals surface area contributed by atoms with Crippen molar-refractivity contribution in [2.75, 3.05) is 6.61 Å². The summed E-state index contributed by atoms with van der Waals surface area (Å²) in [6, 6.07) is 17.2. The number of pyridine rings is 1. The van der Waals surface area contributed by atoms with Crippen molar-refractivity contribution in [2.24, 2.45) is 0 Å². The molecule has 3 rings (SSSR count). The normalized spacial score (nSPS) is 10.3. The van der Waals surface area contributed by atoms with Gasteiger partial charge in [-0.05, 0) is 25.1 Å². The zero-order chi connectivity index (χ0) is 16.1. The van der Waals surface area contributed by atoms with Crippen molar-refractivity contribution in [1.29, 1.82) is 5.26 Å². The van der Waals surface area contributed by atoms with E-state index in [1.807, 2.05) is 37.3 Å². The molecule has 0 radical (unpaired) electrons. The molecule has 0 aliphatic heterocycles. The highest BCUT2D eigenvalue weighted by molar-refractivity contribution is 5.81. The van der Waals surface area contributed by atoms with Crippen LogP contribution in [0.5, 0.6) is 11.5 Å². The first-order valence-corrected chi connectivity index (χ1v) is 7.44. The first-order chi connectivity index (χ1) is 11.3. The van der Waals surface area contributed by atoms with Gasteiger partial charge in [-0.3, -0.25) is 4.98 Å². The van der Waals surface area contributed by atoms with Crippen LogP contribution in [0.3, 0.4) is 0 Å². The maximum absolute atomic E-state index is 8.99. The Morgan fingerprint density at radius 2 is 1.91 bits per heavy atom. The van der Waals surface area contributed by atoms with Crippen molar-refractivity contribution >= 4 is 10.9 Å². The average Bonchev–Trinajstić information content (AvgIpc) is 2.61. The molecule has 0 saturated carbocycles. The Balaban J connectivity index is 1.86. The smallest absolute Gasteiger partial charge is 0.162 e. The van der Waals surface area contributed by atoms with Crippen molar-refractivity contribution in [3.63, 3.8) is 0 Å². The Morgan fingerprint density at radius 3 is 2.74 bits per heavy atom. The van der Waals surface area contributed by atoms with Crippen molar-refractivity contribution in [1.82, 2.24) is 4.98 Å². The zero-order valence-corrected chi connectivity index (χ0v) is 12.8. The molecule has 0 aliphatic carbocycles. The number of hydrogen-bond acceptors (Lipinski definition) is 4. The summed E-state index contributed by atoms with van der Waals surface area (Å²) in [6.45, 7) is 2.80. The minimum atomic E-state index is 0.389. The van der Waals surface area contributed by atoms with Crippen molar-refractivity contribution in [3.05, 3.63) is 65.9 Å². The molecular formula is C19H16N2O2. The zero-order valence-electron chi connectivity index (χ0n) is 12.8. The van der Waals surface area contributed by atoms with Gasteiger partial charge in [0, 0.05) is 23.2 Å². The molecule has 0 saturated heterocycles. The number of nitriles is 1. The summed E-state index contributed by atoms with van der Waals surface area (Å²) in [5.74, 6) is 1.21. The number of nitrogens with zero attached hydrogens (tertiary/aromatic N) is 2. The predicted octanol–water partition coefficient (Wildman–Crippen LogP) is 4.08. The van der Waals surface area contributed by atoms with Gasteiger partial charge in [-0.25, -0.2) is 0 Å². The SMILES string of the molecule is CCOc1cc(C#N)ccc1OCc1cccc2cccnc12. The fourth-order valence-corrected chi connectivity index (χ4v) is 2.40. The Labute approximate surface area is 134 Å². The van der Waals surface area contributed by atoms with E-state index in [4.69, 9.17) is 14.7 Å². The molecule has 1 heterocycles. The van der Waals surface area contributed by atoms with Crippen LogP contribution in [0.25, 0.3) is 10.9 Å². The summed E-state index contributed by atoms with van der Waals surface area (Å²) in [5.41, 5.74) is 2.49. The topological polar surface area (TPSA) is 55.1 Å². The van der Waals surface area contributed by atoms with Crippen LogP contribution in [0.15, 0.2) is 54.7 Å². The van der Waals surface area contributed by atoms with Gasteiger partial charge in [-0.2, -0.15) is 5.26 Å². The van der Waals surface area contributed by atoms with E-state index in [1.165, 1.54) is 0 Å². The lowest BCUT2D eigenvalue weighted by Gasteiger charge is -2.13. The highest BCUT2D eigenvalue weighted by atomic mass is 16.5. The molecular weight excluding hydrogens is 288 g/mol. The Hall–Kier alpha value is -3.06. The molecule has 0 N–H and O–H groups in total. The number of fused-ring (bicyclic) bond motifs is 1. The summed E-state index contributed by atoms with van der Waals surface area (Å²) in [7, 11) is 0. The predicted molar refractivity (Wildman–Crippen MR) is 88.4 cm³/mol. The summed E-state index contributed by atoms with van der Waals surface area (Å²) in [4.78, 5) is 4.43. The van der Waals surface area contributed by atoms with E-state index >= 15 is 0 Å². The largest absolute Gasteiger partial charge is 0.490 e. The maximum Gasteiger partial charge on any atom is 0.162 e. The van der Waals surface area contributed by atoms with Gasteiger partial charge in [0.1, 0.15) is 6.61 Å². The molecule has 1 aromatic heterocycles. The Bertz CT molecular complexity index is 863. The molecule has 0 aliphatic rings. The summed E-state index contributed by atoms with van der Waals surface area (Å²) in [5, 5.41) is 10.1. The van der Waals surface area contributed by atoms with Crippen molar-refractivity contribution in [3.8, 4) is 17.6 Å². The van der Waals surface area contributed by atoms with Gasteiger partial charge in [0.2, 0.25) is 0 Å². The Kier molecular flexibility index (Phi) is 4.39. The third kappa shape index (κ3) is 3.24. The van der Waals surface area contributed by atoms with Gasteiger partial charge in [0.05, 0.1) is 23.8 Å². The van der Waals surface area contributed by atoms with Gasteiger partial charge in [-0.1, -0.05) is 24.3 Å². The van der Waals surface area contributed by atoms with Crippen molar-refractivity contribution in [2.45, 2.75) is 13.5 Å². The van der Waals surface area contributed by atoms with Crippen LogP contribution in [0.1, 0.15) is 18.1 Å². The number of para-hydroxylation sites is 1. The Morgan fingerprint density at radius 1 is 1.04 bits per heavy atom. The van der Waals surface area contributed by atoms with Crippen LogP contribution in [0.2, 0.25) is 0 Å². The van der Waals surface area contributed by atoms with E-state index < -0.39 is 0 Å². The molecule has 4 nitrogen and oxygen atoms in total. The van der Waals surface area contributed by atoms with Gasteiger partial charge in [-0.15, -0.1) is 0 Å². The van der Waals surface area contributed by atoms with E-state index in [0.717, 1.165) is 16.5 Å². The number of aromatic nitrogens is 1. The third-order valence-electron chi connectivity index (χ3n) is 3.47. The standard InChI is InChI=1S/C19H16N2O2/c1-2-22-18-11-14(12-20)8-9-17(18)23-13-16-6-3-5-15-7-4-10-21-19(15)16/h3-11H,2,13H2,1H3. The van der Waals surface area contributed by atoms with Crippen LogP contribution in [-0.2, 0) is 6.61 Å². The molecule has 23 heavy (non-hydrogen) atoms. The molecule has 2 aromatic carbocycles. The van der Waals surface area contributed by atoms with E-state index in [0.29, 0.717) is 30.3 Å². The number of rotatable bonds is 5. The second-order valence-electron chi connectivity index (χ2n) is 4.99. The monoisotopic (exact) mass is 304 g/mol. The first-order valence-electron chi connectivity index (χ1n) is 7.44. The second-order valence-corrected chi connectivity index (χ2v) is 4.99. The van der Waals surface area contributed by atoms with Crippen LogP contribution in [0.4, 0.5) is 0 Å². The lowest BCUT2D eigenvalue weighted by atomic mass is 10.1. The molecule has 0 atom stereocenters. The molecule has 0 bridgehead atoms. The van der Waals surface area contributed by atoms with Crippen LogP contribution in [-0.4, -0.2) is 11.6 Å². The van der Waals surface area contributed by atoms with E-state index in [1.54, 1.807) is 24.4 Å². The number of hydrogen-bond donors (Lipinski definition) is 0. The molecule has 4 heteroatoms. The first kappa shape index (κ1) is 14.9. The van der Waals surface area contributed by atoms with Crippen LogP contribution < -0.4 is 9.47 Å². The molecule has 0 unspecified atom stereocenters. The highest BCUT2D eigenvalue weighted by Crippen LogP contribution is 2.29. The number of benzene rings is 2. The number of ether oxygens (including phenoxy) is 2.